The summed E-state index contributed by atoms with van der Waals surface area (Å²) in [5.41, 5.74) is 6.20. The van der Waals surface area contributed by atoms with Crippen LogP contribution in [0.3, 0.4) is 0 Å². The van der Waals surface area contributed by atoms with Crippen LogP contribution in [0.2, 0.25) is 5.15 Å². The number of fused-ring (bicyclic) bond motifs is 11. The van der Waals surface area contributed by atoms with Crippen molar-refractivity contribution in [1.29, 1.82) is 0 Å². The Balaban J connectivity index is 1.64. The molecule has 0 fully saturated rings. The molecular formula is C35H22ClN3S. The Morgan fingerprint density at radius 2 is 1.48 bits per heavy atom. The van der Waals surface area contributed by atoms with Crippen LogP contribution in [0, 0.1) is 6.92 Å². The normalized spacial score (nSPS) is 12.2. The van der Waals surface area contributed by atoms with Crippen molar-refractivity contribution in [2.45, 2.75) is 6.92 Å². The summed E-state index contributed by atoms with van der Waals surface area (Å²) < 4.78 is 4.70. The summed E-state index contributed by atoms with van der Waals surface area (Å²) in [7, 11) is 0. The van der Waals surface area contributed by atoms with Crippen molar-refractivity contribution >= 4 is 92.8 Å². The van der Waals surface area contributed by atoms with Gasteiger partial charge in [-0.25, -0.2) is 9.97 Å². The third-order valence-corrected chi connectivity index (χ3v) is 9.18. The highest BCUT2D eigenvalue weighted by atomic mass is 35.5. The zero-order valence-corrected chi connectivity index (χ0v) is 23.2. The van der Waals surface area contributed by atoms with Crippen molar-refractivity contribution in [2.75, 3.05) is 0 Å². The minimum absolute atomic E-state index is 0.386. The fourth-order valence-corrected chi connectivity index (χ4v) is 7.58. The maximum Gasteiger partial charge on any atom is 0.176 e. The van der Waals surface area contributed by atoms with Crippen LogP contribution in [0.4, 0.5) is 0 Å². The topological polar surface area (TPSA) is 30.7 Å². The van der Waals surface area contributed by atoms with Crippen LogP contribution in [0.1, 0.15) is 11.1 Å². The summed E-state index contributed by atoms with van der Waals surface area (Å²) in [6.45, 7) is 6.03. The van der Waals surface area contributed by atoms with Crippen molar-refractivity contribution < 1.29 is 0 Å². The van der Waals surface area contributed by atoms with E-state index in [2.05, 4.69) is 84.8 Å². The number of rotatable bonds is 3. The van der Waals surface area contributed by atoms with E-state index in [1.54, 1.807) is 0 Å². The Labute approximate surface area is 239 Å². The molecule has 0 aliphatic rings. The largest absolute Gasteiger partial charge is 0.290 e. The van der Waals surface area contributed by atoms with Crippen LogP contribution in [-0.4, -0.2) is 14.5 Å². The SMILES string of the molecule is C=C/C=C\c1cc2c(cc1C)sc1c2c2ccccc2c2c3ccccc3n(-c3nc4ccccc4nc3Cl)c12. The summed E-state index contributed by atoms with van der Waals surface area (Å²) in [4.78, 5) is 9.83. The monoisotopic (exact) mass is 551 g/mol. The number of aryl methyl sites for hydroxylation is 1. The number of hydrogen-bond acceptors (Lipinski definition) is 3. The van der Waals surface area contributed by atoms with E-state index < -0.39 is 0 Å². The van der Waals surface area contributed by atoms with E-state index in [-0.39, 0.29) is 0 Å². The lowest BCUT2D eigenvalue weighted by molar-refractivity contribution is 1.08. The zero-order valence-electron chi connectivity index (χ0n) is 21.6. The Bertz CT molecular complexity index is 2380. The van der Waals surface area contributed by atoms with Crippen molar-refractivity contribution in [3.05, 3.63) is 120 Å². The van der Waals surface area contributed by atoms with Crippen LogP contribution in [-0.2, 0) is 0 Å². The minimum atomic E-state index is 0.386. The molecule has 5 aromatic carbocycles. The van der Waals surface area contributed by atoms with Crippen molar-refractivity contribution in [3.63, 3.8) is 0 Å². The molecule has 0 unspecified atom stereocenters. The second kappa shape index (κ2) is 8.75. The van der Waals surface area contributed by atoms with Crippen LogP contribution in [0.25, 0.3) is 75.7 Å². The standard InChI is InChI=1S/C35H22ClN3S/c1-3-4-11-21-19-25-29(18-20(21)2)40-33-31(25)23-13-6-5-12-22(23)30-24-14-7-10-17-28(24)39(32(30)33)35-34(36)37-26-15-8-9-16-27(26)38-35/h3-19H,1H2,2H3/b11-4-. The molecule has 0 spiro atoms. The number of halogens is 1. The molecule has 0 N–H and O–H groups in total. The predicted molar refractivity (Wildman–Crippen MR) is 173 cm³/mol. The number of benzene rings is 5. The molecule has 3 heterocycles. The average Bonchev–Trinajstić information content (AvgIpc) is 3.51. The van der Waals surface area contributed by atoms with Crippen molar-refractivity contribution in [1.82, 2.24) is 14.5 Å². The third kappa shape index (κ3) is 3.24. The van der Waals surface area contributed by atoms with E-state index in [1.807, 2.05) is 47.8 Å². The maximum atomic E-state index is 6.93. The quantitative estimate of drug-likeness (QED) is 0.204. The summed E-state index contributed by atoms with van der Waals surface area (Å²) in [6, 6.07) is 29.8. The molecular weight excluding hydrogens is 530 g/mol. The first-order valence-corrected chi connectivity index (χ1v) is 14.4. The van der Waals surface area contributed by atoms with Gasteiger partial charge in [-0.1, -0.05) is 91.0 Å². The molecule has 0 aliphatic heterocycles. The number of aromatic nitrogens is 3. The second-order valence-electron chi connectivity index (χ2n) is 10.1. The molecule has 3 nitrogen and oxygen atoms in total. The van der Waals surface area contributed by atoms with E-state index in [4.69, 9.17) is 21.6 Å². The number of para-hydroxylation sites is 3. The molecule has 8 aromatic rings. The zero-order chi connectivity index (χ0) is 27.0. The summed E-state index contributed by atoms with van der Waals surface area (Å²) >= 11 is 8.76. The third-order valence-electron chi connectivity index (χ3n) is 7.77. The molecule has 0 saturated heterocycles. The van der Waals surface area contributed by atoms with Gasteiger partial charge in [-0.05, 0) is 59.2 Å². The summed E-state index contributed by atoms with van der Waals surface area (Å²) in [5, 5.41) is 7.73. The number of allylic oxidation sites excluding steroid dienone is 2. The number of hydrogen-bond donors (Lipinski definition) is 0. The molecule has 5 heteroatoms. The van der Waals surface area contributed by atoms with Gasteiger partial charge >= 0.3 is 0 Å². The molecule has 0 atom stereocenters. The van der Waals surface area contributed by atoms with Gasteiger partial charge in [0, 0.05) is 26.2 Å². The molecule has 0 amide bonds. The molecule has 3 aromatic heterocycles. The summed E-state index contributed by atoms with van der Waals surface area (Å²) in [5.74, 6) is 0.645. The molecule has 0 saturated carbocycles. The lowest BCUT2D eigenvalue weighted by Crippen LogP contribution is -2.01. The average molecular weight is 552 g/mol. The highest BCUT2D eigenvalue weighted by Crippen LogP contribution is 2.48. The first kappa shape index (κ1) is 23.4. The predicted octanol–water partition coefficient (Wildman–Crippen LogP) is 10.4. The highest BCUT2D eigenvalue weighted by molar-refractivity contribution is 7.27. The van der Waals surface area contributed by atoms with E-state index in [0.29, 0.717) is 11.0 Å². The van der Waals surface area contributed by atoms with Gasteiger partial charge in [0.05, 0.1) is 26.8 Å². The summed E-state index contributed by atoms with van der Waals surface area (Å²) in [6.07, 6.45) is 5.95. The van der Waals surface area contributed by atoms with Gasteiger partial charge in [-0.15, -0.1) is 11.3 Å². The van der Waals surface area contributed by atoms with Gasteiger partial charge in [-0.3, -0.25) is 4.57 Å². The number of thiophene rings is 1. The molecule has 0 bridgehead atoms. The van der Waals surface area contributed by atoms with Gasteiger partial charge in [0.1, 0.15) is 0 Å². The lowest BCUT2D eigenvalue weighted by Gasteiger charge is -2.11. The van der Waals surface area contributed by atoms with E-state index >= 15 is 0 Å². The van der Waals surface area contributed by atoms with Gasteiger partial charge in [0.15, 0.2) is 11.0 Å². The van der Waals surface area contributed by atoms with Gasteiger partial charge in [0.25, 0.3) is 0 Å². The first-order valence-electron chi connectivity index (χ1n) is 13.2. The Morgan fingerprint density at radius 3 is 2.25 bits per heavy atom. The molecule has 190 valence electrons. The van der Waals surface area contributed by atoms with Crippen LogP contribution < -0.4 is 0 Å². The van der Waals surface area contributed by atoms with Gasteiger partial charge in [-0.2, -0.15) is 0 Å². The first-order chi connectivity index (χ1) is 19.6. The smallest absolute Gasteiger partial charge is 0.176 e. The fourth-order valence-electron chi connectivity index (χ4n) is 6.02. The molecule has 0 aliphatic carbocycles. The Kier molecular flexibility index (Phi) is 5.12. The van der Waals surface area contributed by atoms with Crippen LogP contribution in [0.5, 0.6) is 0 Å². The van der Waals surface area contributed by atoms with Crippen LogP contribution >= 0.6 is 22.9 Å². The van der Waals surface area contributed by atoms with E-state index in [1.165, 1.54) is 52.8 Å². The second-order valence-corrected chi connectivity index (χ2v) is 11.5. The molecule has 40 heavy (non-hydrogen) atoms. The van der Waals surface area contributed by atoms with Crippen molar-refractivity contribution in [2.24, 2.45) is 0 Å². The fraction of sp³-hybridized carbons (Fsp3) is 0.0286. The number of nitrogens with zero attached hydrogens (tertiary/aromatic N) is 3. The van der Waals surface area contributed by atoms with Crippen molar-refractivity contribution in [3.8, 4) is 5.82 Å². The molecule has 0 radical (unpaired) electrons. The molecule has 8 rings (SSSR count). The maximum absolute atomic E-state index is 6.93. The van der Waals surface area contributed by atoms with Gasteiger partial charge < -0.3 is 0 Å². The van der Waals surface area contributed by atoms with Crippen LogP contribution in [0.15, 0.2) is 104 Å². The minimum Gasteiger partial charge on any atom is -0.290 e. The van der Waals surface area contributed by atoms with E-state index in [9.17, 15) is 0 Å². The van der Waals surface area contributed by atoms with Gasteiger partial charge in [0.2, 0.25) is 0 Å². The lowest BCUT2D eigenvalue weighted by atomic mass is 9.97. The van der Waals surface area contributed by atoms with E-state index in [0.717, 1.165) is 22.1 Å². The Hall–Kier alpha value is -4.51. The Morgan fingerprint density at radius 1 is 0.800 bits per heavy atom. The highest BCUT2D eigenvalue weighted by Gasteiger charge is 2.24.